The van der Waals surface area contributed by atoms with E-state index in [1.54, 1.807) is 20.8 Å². The van der Waals surface area contributed by atoms with Crippen LogP contribution in [0.1, 0.15) is 27.2 Å². The molecule has 0 aliphatic carbocycles. The summed E-state index contributed by atoms with van der Waals surface area (Å²) in [6, 6.07) is -0.912. The molecule has 3 N–H and O–H groups in total. The summed E-state index contributed by atoms with van der Waals surface area (Å²) in [5, 5.41) is 19.6. The fraction of sp³-hybridized carbons (Fsp3) is 0.800. The Kier molecular flexibility index (Phi) is 5.98. The molecular formula is C10H19NO5. The summed E-state index contributed by atoms with van der Waals surface area (Å²) in [5.41, 5.74) is -0.657. The molecule has 94 valence electrons. The highest BCUT2D eigenvalue weighted by molar-refractivity contribution is 5.88. The maximum Gasteiger partial charge on any atom is 0.408 e. The number of carbonyl (C=O) groups is 2. The van der Waals surface area contributed by atoms with Gasteiger partial charge in [-0.05, 0) is 27.2 Å². The van der Waals surface area contributed by atoms with Crippen LogP contribution in [0.25, 0.3) is 0 Å². The number of ether oxygens (including phenoxy) is 1. The zero-order valence-electron chi connectivity index (χ0n) is 9.82. The maximum absolute atomic E-state index is 11.3. The smallest absolute Gasteiger partial charge is 0.408 e. The fourth-order valence-corrected chi connectivity index (χ4v) is 1.00. The van der Waals surface area contributed by atoms with Gasteiger partial charge >= 0.3 is 6.09 Å². The summed E-state index contributed by atoms with van der Waals surface area (Å²) >= 11 is 0. The molecule has 1 amide bonds. The number of aliphatic hydroxyl groups is 2. The molecule has 0 aliphatic heterocycles. The number of alkyl carbamates (subject to hydrolysis) is 1. The molecule has 0 fully saturated rings. The zero-order valence-corrected chi connectivity index (χ0v) is 9.82. The Labute approximate surface area is 94.6 Å². The number of carbonyl (C=O) groups excluding carboxylic acids is 2. The average Bonchev–Trinajstić information content (AvgIpc) is 2.13. The Hall–Kier alpha value is -1.14. The van der Waals surface area contributed by atoms with Crippen molar-refractivity contribution < 1.29 is 24.5 Å². The Morgan fingerprint density at radius 2 is 1.88 bits per heavy atom. The van der Waals surface area contributed by atoms with Crippen LogP contribution in [0, 0.1) is 0 Å². The summed E-state index contributed by atoms with van der Waals surface area (Å²) in [5.74, 6) is -0.556. The molecule has 0 aliphatic rings. The van der Waals surface area contributed by atoms with Crippen molar-refractivity contribution in [1.29, 1.82) is 0 Å². The molecule has 0 aromatic carbocycles. The van der Waals surface area contributed by atoms with Gasteiger partial charge in [0, 0.05) is 6.61 Å². The highest BCUT2D eigenvalue weighted by Gasteiger charge is 2.23. The van der Waals surface area contributed by atoms with Gasteiger partial charge in [0.1, 0.15) is 12.2 Å². The molecule has 0 rings (SSSR count). The van der Waals surface area contributed by atoms with Crippen LogP contribution < -0.4 is 5.32 Å². The second-order valence-electron chi connectivity index (χ2n) is 4.34. The zero-order chi connectivity index (χ0) is 12.8. The lowest BCUT2D eigenvalue weighted by Crippen LogP contribution is -2.44. The molecule has 0 unspecified atom stereocenters. The SMILES string of the molecule is CC(C)(C)OC(=O)N[C@@H](CCO)C(=O)CO. The molecule has 1 atom stereocenters. The Balaban J connectivity index is 4.29. The minimum Gasteiger partial charge on any atom is -0.444 e. The van der Waals surface area contributed by atoms with Crippen molar-refractivity contribution in [1.82, 2.24) is 5.32 Å². The van der Waals surface area contributed by atoms with E-state index in [9.17, 15) is 9.59 Å². The van der Waals surface area contributed by atoms with E-state index in [4.69, 9.17) is 14.9 Å². The second-order valence-corrected chi connectivity index (χ2v) is 4.34. The lowest BCUT2D eigenvalue weighted by molar-refractivity contribution is -0.124. The van der Waals surface area contributed by atoms with Crippen molar-refractivity contribution in [3.8, 4) is 0 Å². The molecule has 0 heterocycles. The van der Waals surface area contributed by atoms with E-state index in [1.165, 1.54) is 0 Å². The summed E-state index contributed by atoms with van der Waals surface area (Å²) in [7, 11) is 0. The predicted molar refractivity (Wildman–Crippen MR) is 57.0 cm³/mol. The minimum atomic E-state index is -0.912. The van der Waals surface area contributed by atoms with E-state index >= 15 is 0 Å². The number of hydrogen-bond acceptors (Lipinski definition) is 5. The van der Waals surface area contributed by atoms with Crippen LogP contribution in [0.5, 0.6) is 0 Å². The van der Waals surface area contributed by atoms with Crippen molar-refractivity contribution in [2.75, 3.05) is 13.2 Å². The van der Waals surface area contributed by atoms with Crippen molar-refractivity contribution in [2.45, 2.75) is 38.8 Å². The molecule has 0 radical (unpaired) electrons. The normalized spacial score (nSPS) is 13.1. The Morgan fingerprint density at radius 3 is 2.25 bits per heavy atom. The molecule has 6 nitrogen and oxygen atoms in total. The van der Waals surface area contributed by atoms with E-state index in [0.717, 1.165) is 0 Å². The number of hydrogen-bond donors (Lipinski definition) is 3. The number of ketones is 1. The van der Waals surface area contributed by atoms with E-state index in [-0.39, 0.29) is 13.0 Å². The van der Waals surface area contributed by atoms with Gasteiger partial charge in [0.2, 0.25) is 0 Å². The molecule has 0 aromatic heterocycles. The first-order valence-corrected chi connectivity index (χ1v) is 5.04. The average molecular weight is 233 g/mol. The van der Waals surface area contributed by atoms with Gasteiger partial charge in [0.25, 0.3) is 0 Å². The van der Waals surface area contributed by atoms with Gasteiger partial charge in [0.05, 0.1) is 6.04 Å². The van der Waals surface area contributed by atoms with Crippen LogP contribution in [0.15, 0.2) is 0 Å². The van der Waals surface area contributed by atoms with Crippen LogP contribution in [-0.4, -0.2) is 46.9 Å². The topological polar surface area (TPSA) is 95.9 Å². The Morgan fingerprint density at radius 1 is 1.31 bits per heavy atom. The van der Waals surface area contributed by atoms with Crippen LogP contribution in [0.4, 0.5) is 4.79 Å². The number of rotatable bonds is 5. The first-order valence-electron chi connectivity index (χ1n) is 5.04. The van der Waals surface area contributed by atoms with Crippen LogP contribution >= 0.6 is 0 Å². The van der Waals surface area contributed by atoms with Gasteiger partial charge in [-0.25, -0.2) is 4.79 Å². The van der Waals surface area contributed by atoms with E-state index in [0.29, 0.717) is 0 Å². The largest absolute Gasteiger partial charge is 0.444 e. The highest BCUT2D eigenvalue weighted by atomic mass is 16.6. The minimum absolute atomic E-state index is 0.0542. The molecule has 0 bridgehead atoms. The first-order chi connectivity index (χ1) is 7.30. The fourth-order valence-electron chi connectivity index (χ4n) is 1.00. The third-order valence-electron chi connectivity index (χ3n) is 1.65. The second kappa shape index (κ2) is 6.44. The molecule has 6 heteroatoms. The maximum atomic E-state index is 11.3. The quantitative estimate of drug-likeness (QED) is 0.612. The van der Waals surface area contributed by atoms with Crippen molar-refractivity contribution in [2.24, 2.45) is 0 Å². The van der Waals surface area contributed by atoms with E-state index in [1.807, 2.05) is 0 Å². The van der Waals surface area contributed by atoms with Crippen LogP contribution in [-0.2, 0) is 9.53 Å². The first kappa shape index (κ1) is 14.9. The third-order valence-corrected chi connectivity index (χ3v) is 1.65. The molecule has 0 spiro atoms. The number of amides is 1. The molecule has 16 heavy (non-hydrogen) atoms. The number of aliphatic hydroxyl groups excluding tert-OH is 2. The van der Waals surface area contributed by atoms with E-state index in [2.05, 4.69) is 5.32 Å². The van der Waals surface area contributed by atoms with Gasteiger partial charge < -0.3 is 20.3 Å². The standard InChI is InChI=1S/C10H19NO5/c1-10(2,3)16-9(15)11-7(4-5-12)8(14)6-13/h7,12-13H,4-6H2,1-3H3,(H,11,15)/t7-/m0/s1. The summed E-state index contributed by atoms with van der Waals surface area (Å²) in [4.78, 5) is 22.5. The van der Waals surface area contributed by atoms with Gasteiger partial charge in [0.15, 0.2) is 5.78 Å². The Bertz CT molecular complexity index is 246. The van der Waals surface area contributed by atoms with Crippen molar-refractivity contribution >= 4 is 11.9 Å². The molecule has 0 aromatic rings. The molecular weight excluding hydrogens is 214 g/mol. The predicted octanol–water partition coefficient (Wildman–Crippen LogP) is -0.177. The summed E-state index contributed by atoms with van der Waals surface area (Å²) < 4.78 is 4.94. The van der Waals surface area contributed by atoms with Gasteiger partial charge in [-0.15, -0.1) is 0 Å². The van der Waals surface area contributed by atoms with Crippen LogP contribution in [0.3, 0.4) is 0 Å². The number of nitrogens with one attached hydrogen (secondary N) is 1. The molecule has 0 saturated heterocycles. The summed E-state index contributed by atoms with van der Waals surface area (Å²) in [6.07, 6.45) is -0.689. The van der Waals surface area contributed by atoms with E-state index < -0.39 is 30.1 Å². The van der Waals surface area contributed by atoms with Gasteiger partial charge in [-0.2, -0.15) is 0 Å². The number of Topliss-reactive ketones (excluding diaryl/α,β-unsaturated/α-hetero) is 1. The monoisotopic (exact) mass is 233 g/mol. The third kappa shape index (κ3) is 6.36. The van der Waals surface area contributed by atoms with Crippen LogP contribution in [0.2, 0.25) is 0 Å². The van der Waals surface area contributed by atoms with Crippen molar-refractivity contribution in [3.63, 3.8) is 0 Å². The summed E-state index contributed by atoms with van der Waals surface area (Å²) in [6.45, 7) is 4.15. The van der Waals surface area contributed by atoms with Gasteiger partial charge in [-0.1, -0.05) is 0 Å². The lowest BCUT2D eigenvalue weighted by Gasteiger charge is -2.22. The lowest BCUT2D eigenvalue weighted by atomic mass is 10.1. The molecule has 0 saturated carbocycles. The highest BCUT2D eigenvalue weighted by Crippen LogP contribution is 2.07. The van der Waals surface area contributed by atoms with Crippen molar-refractivity contribution in [3.05, 3.63) is 0 Å². The van der Waals surface area contributed by atoms with Gasteiger partial charge in [-0.3, -0.25) is 4.79 Å².